The van der Waals surface area contributed by atoms with E-state index in [1.165, 1.54) is 38.8 Å². The number of hydrogen-bond acceptors (Lipinski definition) is 4. The molecule has 1 aromatic rings. The van der Waals surface area contributed by atoms with Crippen LogP contribution in [0, 0.1) is 0 Å². The second-order valence-electron chi connectivity index (χ2n) is 4.49. The Hall–Kier alpha value is -0.520. The minimum absolute atomic E-state index is 0.462. The zero-order valence-corrected chi connectivity index (χ0v) is 11.7. The molecule has 1 aromatic heterocycles. The highest BCUT2D eigenvalue weighted by Crippen LogP contribution is 2.15. The van der Waals surface area contributed by atoms with Gasteiger partial charge in [-0.15, -0.1) is 11.3 Å². The monoisotopic (exact) mass is 269 g/mol. The van der Waals surface area contributed by atoms with Crippen LogP contribution < -0.4 is 5.73 Å². The molecule has 1 saturated heterocycles. The quantitative estimate of drug-likeness (QED) is 0.851. The Kier molecular flexibility index (Phi) is 4.88. The molecule has 0 unspecified atom stereocenters. The van der Waals surface area contributed by atoms with Crippen molar-refractivity contribution < 1.29 is 0 Å². The first-order chi connectivity index (χ1) is 8.25. The lowest BCUT2D eigenvalue weighted by Gasteiger charge is -2.18. The SMILES string of the molecule is NC(=S)c1cnc(CCN2CCCCCC2)s1. The van der Waals surface area contributed by atoms with E-state index < -0.39 is 0 Å². The lowest BCUT2D eigenvalue weighted by Crippen LogP contribution is -2.26. The molecule has 2 rings (SSSR count). The molecule has 0 amide bonds. The van der Waals surface area contributed by atoms with Gasteiger partial charge in [0.05, 0.1) is 9.88 Å². The van der Waals surface area contributed by atoms with Crippen LogP contribution in [0.3, 0.4) is 0 Å². The summed E-state index contributed by atoms with van der Waals surface area (Å²) in [7, 11) is 0. The van der Waals surface area contributed by atoms with Gasteiger partial charge >= 0.3 is 0 Å². The number of nitrogens with two attached hydrogens (primary N) is 1. The van der Waals surface area contributed by atoms with E-state index in [4.69, 9.17) is 18.0 Å². The fourth-order valence-corrected chi connectivity index (χ4v) is 3.09. The number of thiocarbonyl (C=S) groups is 1. The maximum absolute atomic E-state index is 5.58. The summed E-state index contributed by atoms with van der Waals surface area (Å²) in [5.41, 5.74) is 5.58. The first-order valence-electron chi connectivity index (χ1n) is 6.22. The van der Waals surface area contributed by atoms with Crippen molar-refractivity contribution in [2.45, 2.75) is 32.1 Å². The molecule has 94 valence electrons. The van der Waals surface area contributed by atoms with Crippen molar-refractivity contribution >= 4 is 28.5 Å². The van der Waals surface area contributed by atoms with E-state index in [-0.39, 0.29) is 0 Å². The molecule has 0 bridgehead atoms. The molecular formula is C12H19N3S2. The van der Waals surface area contributed by atoms with Crippen LogP contribution in [0.25, 0.3) is 0 Å². The van der Waals surface area contributed by atoms with Crippen LogP contribution in [0.15, 0.2) is 6.20 Å². The van der Waals surface area contributed by atoms with Crippen LogP contribution in [-0.2, 0) is 6.42 Å². The molecule has 0 aliphatic carbocycles. The van der Waals surface area contributed by atoms with Gasteiger partial charge in [-0.25, -0.2) is 4.98 Å². The van der Waals surface area contributed by atoms with Crippen molar-refractivity contribution in [2.24, 2.45) is 5.73 Å². The number of hydrogen-bond donors (Lipinski definition) is 1. The van der Waals surface area contributed by atoms with Crippen molar-refractivity contribution in [3.8, 4) is 0 Å². The molecule has 5 heteroatoms. The van der Waals surface area contributed by atoms with Crippen LogP contribution >= 0.6 is 23.6 Å². The minimum atomic E-state index is 0.462. The Morgan fingerprint density at radius 2 is 2.06 bits per heavy atom. The third-order valence-corrected chi connectivity index (χ3v) is 4.58. The topological polar surface area (TPSA) is 42.1 Å². The number of nitrogens with zero attached hydrogens (tertiary/aromatic N) is 2. The molecular weight excluding hydrogens is 250 g/mol. The molecule has 1 fully saturated rings. The van der Waals surface area contributed by atoms with E-state index >= 15 is 0 Å². The predicted octanol–water partition coefficient (Wildman–Crippen LogP) is 2.20. The average Bonchev–Trinajstić information content (AvgIpc) is 2.63. The Morgan fingerprint density at radius 3 is 2.65 bits per heavy atom. The van der Waals surface area contributed by atoms with Gasteiger partial charge in [-0.05, 0) is 25.9 Å². The smallest absolute Gasteiger partial charge is 0.115 e. The summed E-state index contributed by atoms with van der Waals surface area (Å²) in [6, 6.07) is 0. The number of thiazole rings is 1. The van der Waals surface area contributed by atoms with Crippen LogP contribution in [0.1, 0.15) is 35.6 Å². The largest absolute Gasteiger partial charge is 0.389 e. The molecule has 17 heavy (non-hydrogen) atoms. The summed E-state index contributed by atoms with van der Waals surface area (Å²) < 4.78 is 0. The maximum Gasteiger partial charge on any atom is 0.115 e. The van der Waals surface area contributed by atoms with Gasteiger partial charge in [0.15, 0.2) is 0 Å². The Bertz CT molecular complexity index is 368. The highest BCUT2D eigenvalue weighted by atomic mass is 32.1. The third-order valence-electron chi connectivity index (χ3n) is 3.14. The molecule has 1 aliphatic heterocycles. The summed E-state index contributed by atoms with van der Waals surface area (Å²) in [5, 5.41) is 1.15. The van der Waals surface area contributed by atoms with Crippen molar-refractivity contribution in [2.75, 3.05) is 19.6 Å². The van der Waals surface area contributed by atoms with Gasteiger partial charge in [0.1, 0.15) is 4.99 Å². The number of likely N-dealkylation sites (tertiary alicyclic amines) is 1. The van der Waals surface area contributed by atoms with Gasteiger partial charge in [0.2, 0.25) is 0 Å². The highest BCUT2D eigenvalue weighted by molar-refractivity contribution is 7.81. The Morgan fingerprint density at radius 1 is 1.35 bits per heavy atom. The predicted molar refractivity (Wildman–Crippen MR) is 76.6 cm³/mol. The molecule has 0 aromatic carbocycles. The second-order valence-corrected chi connectivity index (χ2v) is 6.04. The van der Waals surface area contributed by atoms with E-state index in [9.17, 15) is 0 Å². The highest BCUT2D eigenvalue weighted by Gasteiger charge is 2.10. The Labute approximate surface area is 112 Å². The van der Waals surface area contributed by atoms with Crippen LogP contribution in [0.5, 0.6) is 0 Å². The minimum Gasteiger partial charge on any atom is -0.389 e. The van der Waals surface area contributed by atoms with Crippen molar-refractivity contribution in [3.63, 3.8) is 0 Å². The molecule has 3 nitrogen and oxygen atoms in total. The van der Waals surface area contributed by atoms with Crippen LogP contribution in [0.2, 0.25) is 0 Å². The lowest BCUT2D eigenvalue weighted by atomic mass is 10.2. The first-order valence-corrected chi connectivity index (χ1v) is 7.45. The van der Waals surface area contributed by atoms with Crippen molar-refractivity contribution in [1.82, 2.24) is 9.88 Å². The van der Waals surface area contributed by atoms with Gasteiger partial charge in [-0.1, -0.05) is 25.1 Å². The lowest BCUT2D eigenvalue weighted by molar-refractivity contribution is 0.288. The zero-order valence-electron chi connectivity index (χ0n) is 10.0. The van der Waals surface area contributed by atoms with E-state index in [0.717, 1.165) is 22.9 Å². The van der Waals surface area contributed by atoms with Gasteiger partial charge in [-0.3, -0.25) is 0 Å². The Balaban J connectivity index is 1.81. The standard InChI is InChI=1S/C12H19N3S2/c13-12(16)10-9-14-11(17-10)5-8-15-6-3-1-2-4-7-15/h9H,1-8H2,(H2,13,16). The molecule has 0 saturated carbocycles. The summed E-state index contributed by atoms with van der Waals surface area (Å²) >= 11 is 6.57. The summed E-state index contributed by atoms with van der Waals surface area (Å²) in [4.78, 5) is 8.32. The molecule has 0 spiro atoms. The fourth-order valence-electron chi connectivity index (χ4n) is 2.15. The molecule has 1 aliphatic rings. The zero-order chi connectivity index (χ0) is 12.1. The first kappa shape index (κ1) is 12.9. The molecule has 2 heterocycles. The van der Waals surface area contributed by atoms with E-state index in [1.807, 2.05) is 0 Å². The fraction of sp³-hybridized carbons (Fsp3) is 0.667. The second kappa shape index (κ2) is 6.42. The van der Waals surface area contributed by atoms with Gasteiger partial charge in [0, 0.05) is 19.2 Å². The van der Waals surface area contributed by atoms with Gasteiger partial charge < -0.3 is 10.6 Å². The van der Waals surface area contributed by atoms with Gasteiger partial charge in [-0.2, -0.15) is 0 Å². The third kappa shape index (κ3) is 4.01. The molecule has 0 atom stereocenters. The number of rotatable bonds is 4. The van der Waals surface area contributed by atoms with Gasteiger partial charge in [0.25, 0.3) is 0 Å². The van der Waals surface area contributed by atoms with Crippen molar-refractivity contribution in [3.05, 3.63) is 16.1 Å². The molecule has 0 radical (unpaired) electrons. The summed E-state index contributed by atoms with van der Waals surface area (Å²) in [6.45, 7) is 3.60. The summed E-state index contributed by atoms with van der Waals surface area (Å²) in [6.07, 6.45) is 8.28. The van der Waals surface area contributed by atoms with E-state index in [1.54, 1.807) is 17.5 Å². The van der Waals surface area contributed by atoms with E-state index in [0.29, 0.717) is 4.99 Å². The normalized spacial score (nSPS) is 17.9. The molecule has 2 N–H and O–H groups in total. The summed E-state index contributed by atoms with van der Waals surface area (Å²) in [5.74, 6) is 0. The number of aromatic nitrogens is 1. The van der Waals surface area contributed by atoms with Crippen LogP contribution in [-0.4, -0.2) is 34.5 Å². The van der Waals surface area contributed by atoms with Crippen LogP contribution in [0.4, 0.5) is 0 Å². The van der Waals surface area contributed by atoms with Crippen molar-refractivity contribution in [1.29, 1.82) is 0 Å². The average molecular weight is 269 g/mol. The van der Waals surface area contributed by atoms with E-state index in [2.05, 4.69) is 9.88 Å². The maximum atomic E-state index is 5.58.